The molecular formula is C28H23O3P. The minimum atomic E-state index is -2.38. The molecule has 158 valence electrons. The molecule has 0 aliphatic carbocycles. The van der Waals surface area contributed by atoms with E-state index in [1.165, 1.54) is 7.11 Å². The summed E-state index contributed by atoms with van der Waals surface area (Å²) in [6.07, 6.45) is 0. The van der Waals surface area contributed by atoms with Crippen molar-refractivity contribution in [3.05, 3.63) is 126 Å². The quantitative estimate of drug-likeness (QED) is 0.254. The smallest absolute Gasteiger partial charge is 0.337 e. The molecule has 0 spiro atoms. The Hall–Kier alpha value is -3.68. The number of ketones is 1. The van der Waals surface area contributed by atoms with Crippen LogP contribution < -0.4 is 15.9 Å². The Bertz CT molecular complexity index is 1160. The monoisotopic (exact) mass is 438 g/mol. The first-order valence-corrected chi connectivity index (χ1v) is 12.1. The Morgan fingerprint density at radius 3 is 1.34 bits per heavy atom. The number of esters is 1. The Labute approximate surface area is 188 Å². The second-order valence-electron chi connectivity index (χ2n) is 7.29. The molecule has 0 unspecified atom stereocenters. The predicted molar refractivity (Wildman–Crippen MR) is 133 cm³/mol. The van der Waals surface area contributed by atoms with Gasteiger partial charge in [-0.15, -0.1) is 0 Å². The molecule has 0 N–H and O–H groups in total. The first kappa shape index (κ1) is 21.5. The van der Waals surface area contributed by atoms with Gasteiger partial charge in [-0.2, -0.15) is 0 Å². The molecule has 0 saturated heterocycles. The molecule has 4 heteroatoms. The number of ether oxygens (including phenoxy) is 1. The molecule has 4 aromatic carbocycles. The summed E-state index contributed by atoms with van der Waals surface area (Å²) in [5.41, 5.74) is 0.948. The highest BCUT2D eigenvalue weighted by Crippen LogP contribution is 2.43. The van der Waals surface area contributed by atoms with Gasteiger partial charge in [0.2, 0.25) is 0 Å². The van der Waals surface area contributed by atoms with E-state index in [9.17, 15) is 9.59 Å². The Balaban J connectivity index is 1.96. The summed E-state index contributed by atoms with van der Waals surface area (Å²) in [5.74, 6) is 1.39. The second kappa shape index (κ2) is 9.64. The molecule has 0 radical (unpaired) electrons. The number of Topliss-reactive ketones (excluding diaryl/α,β-unsaturated/α-hetero) is 1. The third-order valence-corrected chi connectivity index (χ3v) is 9.35. The first-order chi connectivity index (χ1) is 15.6. The van der Waals surface area contributed by atoms with Crippen LogP contribution in [0.15, 0.2) is 115 Å². The summed E-state index contributed by atoms with van der Waals surface area (Å²) >= 11 is 0. The second-order valence-corrected chi connectivity index (χ2v) is 10.5. The molecule has 0 fully saturated rings. The molecule has 3 nitrogen and oxygen atoms in total. The summed E-state index contributed by atoms with van der Waals surface area (Å²) in [6.45, 7) is -2.38. The SMILES string of the molecule is COC(=O)c1ccc(C(=O)C=P(c2ccccc2)(c2ccccc2)c2ccccc2)cc1. The van der Waals surface area contributed by atoms with Gasteiger partial charge in [0.05, 0.1) is 12.7 Å². The fourth-order valence-corrected chi connectivity index (χ4v) is 7.57. The summed E-state index contributed by atoms with van der Waals surface area (Å²) in [7, 11) is 1.34. The molecule has 32 heavy (non-hydrogen) atoms. The van der Waals surface area contributed by atoms with Gasteiger partial charge >= 0.3 is 5.97 Å². The molecule has 0 saturated carbocycles. The average molecular weight is 438 g/mol. The molecule has 0 bridgehead atoms. The zero-order valence-corrected chi connectivity index (χ0v) is 18.6. The van der Waals surface area contributed by atoms with Crippen LogP contribution in [0.2, 0.25) is 0 Å². The molecule has 0 heterocycles. The van der Waals surface area contributed by atoms with Crippen LogP contribution in [0.25, 0.3) is 0 Å². The molecule has 0 amide bonds. The van der Waals surface area contributed by atoms with E-state index in [0.717, 1.165) is 15.9 Å². The van der Waals surface area contributed by atoms with Crippen LogP contribution in [0.5, 0.6) is 0 Å². The lowest BCUT2D eigenvalue weighted by Crippen LogP contribution is -2.28. The highest BCUT2D eigenvalue weighted by molar-refractivity contribution is 7.95. The van der Waals surface area contributed by atoms with Crippen LogP contribution in [-0.2, 0) is 4.74 Å². The third kappa shape index (κ3) is 4.21. The maximum atomic E-state index is 13.6. The number of hydrogen-bond donors (Lipinski definition) is 0. The molecule has 0 atom stereocenters. The van der Waals surface area contributed by atoms with Crippen molar-refractivity contribution < 1.29 is 14.3 Å². The van der Waals surface area contributed by atoms with E-state index in [1.54, 1.807) is 24.3 Å². The number of rotatable bonds is 6. The van der Waals surface area contributed by atoms with E-state index in [1.807, 2.05) is 60.4 Å². The van der Waals surface area contributed by atoms with E-state index in [0.29, 0.717) is 11.1 Å². The standard InChI is InChI=1S/C28H23O3P/c1-31-28(30)23-19-17-22(18-20-23)27(29)21-32(24-11-5-2-6-12-24,25-13-7-3-8-14-25)26-15-9-4-10-16-26/h2-21H,1H3. The average Bonchev–Trinajstić information content (AvgIpc) is 2.88. The van der Waals surface area contributed by atoms with Crippen molar-refractivity contribution >= 4 is 40.3 Å². The third-order valence-electron chi connectivity index (χ3n) is 5.39. The summed E-state index contributed by atoms with van der Waals surface area (Å²) in [4.78, 5) is 25.4. The number of benzene rings is 4. The zero-order valence-electron chi connectivity index (χ0n) is 17.7. The van der Waals surface area contributed by atoms with E-state index in [-0.39, 0.29) is 5.78 Å². The highest BCUT2D eigenvalue weighted by atomic mass is 31.2. The number of carbonyl (C=O) groups is 2. The van der Waals surface area contributed by atoms with Gasteiger partial charge in [-0.3, -0.25) is 4.79 Å². The van der Waals surface area contributed by atoms with Gasteiger partial charge in [-0.1, -0.05) is 103 Å². The maximum Gasteiger partial charge on any atom is 0.337 e. The van der Waals surface area contributed by atoms with Crippen molar-refractivity contribution in [1.29, 1.82) is 0 Å². The lowest BCUT2D eigenvalue weighted by molar-refractivity contribution is 0.0600. The van der Waals surface area contributed by atoms with E-state index >= 15 is 0 Å². The van der Waals surface area contributed by atoms with Crippen molar-refractivity contribution in [1.82, 2.24) is 0 Å². The summed E-state index contributed by atoms with van der Waals surface area (Å²) in [6, 6.07) is 37.2. The Kier molecular flexibility index (Phi) is 6.49. The normalized spacial score (nSPS) is 10.9. The van der Waals surface area contributed by atoms with Crippen LogP contribution >= 0.6 is 6.89 Å². The minimum Gasteiger partial charge on any atom is -0.465 e. The van der Waals surface area contributed by atoms with Gasteiger partial charge in [0.1, 0.15) is 0 Å². The van der Waals surface area contributed by atoms with Crippen molar-refractivity contribution in [3.8, 4) is 0 Å². The molecule has 4 rings (SSSR count). The largest absolute Gasteiger partial charge is 0.465 e. The van der Waals surface area contributed by atoms with Crippen LogP contribution in [0, 0.1) is 0 Å². The van der Waals surface area contributed by atoms with Crippen LogP contribution in [0.4, 0.5) is 0 Å². The topological polar surface area (TPSA) is 43.4 Å². The van der Waals surface area contributed by atoms with Crippen molar-refractivity contribution in [2.24, 2.45) is 0 Å². The molecular weight excluding hydrogens is 415 g/mol. The molecule has 0 aliphatic heterocycles. The molecule has 0 aromatic heterocycles. The van der Waals surface area contributed by atoms with Crippen molar-refractivity contribution in [2.45, 2.75) is 0 Å². The molecule has 0 aliphatic rings. The van der Waals surface area contributed by atoms with Crippen molar-refractivity contribution in [2.75, 3.05) is 7.11 Å². The van der Waals surface area contributed by atoms with E-state index < -0.39 is 12.9 Å². The number of hydrogen-bond acceptors (Lipinski definition) is 3. The fourth-order valence-electron chi connectivity index (χ4n) is 3.80. The van der Waals surface area contributed by atoms with Gasteiger partial charge in [0.15, 0.2) is 5.78 Å². The van der Waals surface area contributed by atoms with Gasteiger partial charge in [0, 0.05) is 5.56 Å². The van der Waals surface area contributed by atoms with Crippen LogP contribution in [0.1, 0.15) is 20.7 Å². The van der Waals surface area contributed by atoms with Crippen LogP contribution in [-0.4, -0.2) is 24.7 Å². The van der Waals surface area contributed by atoms with Gasteiger partial charge < -0.3 is 4.74 Å². The minimum absolute atomic E-state index is 0.0775. The summed E-state index contributed by atoms with van der Waals surface area (Å²) < 4.78 is 4.76. The summed E-state index contributed by atoms with van der Waals surface area (Å²) in [5, 5.41) is 3.32. The number of methoxy groups -OCH3 is 1. The highest BCUT2D eigenvalue weighted by Gasteiger charge is 2.26. The Morgan fingerprint density at radius 1 is 0.594 bits per heavy atom. The maximum absolute atomic E-state index is 13.6. The lowest BCUT2D eigenvalue weighted by atomic mass is 10.1. The van der Waals surface area contributed by atoms with Gasteiger partial charge in [0.25, 0.3) is 0 Å². The Morgan fingerprint density at radius 2 is 0.969 bits per heavy atom. The van der Waals surface area contributed by atoms with Crippen molar-refractivity contribution in [3.63, 3.8) is 0 Å². The van der Waals surface area contributed by atoms with Gasteiger partial charge in [-0.25, -0.2) is 4.79 Å². The van der Waals surface area contributed by atoms with E-state index in [4.69, 9.17) is 4.74 Å². The zero-order chi connectivity index (χ0) is 22.4. The lowest BCUT2D eigenvalue weighted by Gasteiger charge is -2.28. The fraction of sp³-hybridized carbons (Fsp3) is 0.0357. The predicted octanol–water partition coefficient (Wildman–Crippen LogP) is 4.45. The first-order valence-electron chi connectivity index (χ1n) is 10.3. The molecule has 4 aromatic rings. The van der Waals surface area contributed by atoms with Crippen LogP contribution in [0.3, 0.4) is 0 Å². The van der Waals surface area contributed by atoms with E-state index in [2.05, 4.69) is 36.4 Å². The number of carbonyl (C=O) groups excluding carboxylic acids is 2. The van der Waals surface area contributed by atoms with Gasteiger partial charge in [-0.05, 0) is 40.7 Å².